The maximum Gasteiger partial charge on any atom is 0.229 e. The normalized spacial score (nSPS) is 10.1. The van der Waals surface area contributed by atoms with Gasteiger partial charge in [0.15, 0.2) is 0 Å². The summed E-state index contributed by atoms with van der Waals surface area (Å²) in [6.07, 6.45) is 4.12. The molecule has 0 aliphatic heterocycles. The van der Waals surface area contributed by atoms with Crippen LogP contribution in [0.5, 0.6) is 5.75 Å². The molecular formula is C11H12O3. The molecule has 0 saturated heterocycles. The molecule has 1 rings (SSSR count). The van der Waals surface area contributed by atoms with Gasteiger partial charge in [-0.15, -0.1) is 0 Å². The van der Waals surface area contributed by atoms with E-state index in [-0.39, 0.29) is 6.79 Å². The Bertz CT molecular complexity index is 301. The van der Waals surface area contributed by atoms with Crippen molar-refractivity contribution in [3.8, 4) is 5.75 Å². The van der Waals surface area contributed by atoms with Gasteiger partial charge in [-0.05, 0) is 31.2 Å². The van der Waals surface area contributed by atoms with Crippen LogP contribution in [0.3, 0.4) is 0 Å². The molecule has 0 unspecified atom stereocenters. The molecule has 0 bridgehead atoms. The average molecular weight is 192 g/mol. The van der Waals surface area contributed by atoms with Gasteiger partial charge < -0.3 is 9.47 Å². The third kappa shape index (κ3) is 3.31. The Morgan fingerprint density at radius 2 is 2.00 bits per heavy atom. The van der Waals surface area contributed by atoms with Gasteiger partial charge in [0.2, 0.25) is 6.79 Å². The second-order valence-corrected chi connectivity index (χ2v) is 2.59. The first kappa shape index (κ1) is 10.3. The van der Waals surface area contributed by atoms with Gasteiger partial charge in [0.05, 0.1) is 6.26 Å². The van der Waals surface area contributed by atoms with Crippen LogP contribution in [0.15, 0.2) is 36.6 Å². The Balaban J connectivity index is 2.39. The van der Waals surface area contributed by atoms with Crippen molar-refractivity contribution in [2.45, 2.75) is 6.92 Å². The highest BCUT2D eigenvalue weighted by atomic mass is 16.7. The van der Waals surface area contributed by atoms with Gasteiger partial charge >= 0.3 is 0 Å². The maximum atomic E-state index is 10.3. The largest absolute Gasteiger partial charge is 0.465 e. The van der Waals surface area contributed by atoms with Gasteiger partial charge in [-0.25, -0.2) is 0 Å². The van der Waals surface area contributed by atoms with Crippen molar-refractivity contribution in [2.75, 3.05) is 6.79 Å². The minimum absolute atomic E-state index is 0.171. The first-order chi connectivity index (χ1) is 6.86. The molecule has 3 heteroatoms. The first-order valence-electron chi connectivity index (χ1n) is 4.27. The van der Waals surface area contributed by atoms with Crippen LogP contribution in [-0.2, 0) is 4.74 Å². The van der Waals surface area contributed by atoms with Crippen molar-refractivity contribution in [1.82, 2.24) is 0 Å². The fourth-order valence-corrected chi connectivity index (χ4v) is 0.880. The minimum atomic E-state index is 0.171. The molecule has 14 heavy (non-hydrogen) atoms. The molecule has 0 atom stereocenters. The highest BCUT2D eigenvalue weighted by Crippen LogP contribution is 2.10. The molecule has 1 aromatic carbocycles. The Hall–Kier alpha value is -1.77. The molecule has 0 amide bonds. The standard InChI is InChI=1S/C11H12O3/c1-2-7-13-9-14-11-5-3-10(8-12)4-6-11/h2-8H,9H2,1H3/b7-2+. The van der Waals surface area contributed by atoms with Crippen LogP contribution in [-0.4, -0.2) is 13.1 Å². The monoisotopic (exact) mass is 192 g/mol. The fraction of sp³-hybridized carbons (Fsp3) is 0.182. The summed E-state index contributed by atoms with van der Waals surface area (Å²) in [4.78, 5) is 10.3. The molecule has 1 aromatic rings. The zero-order valence-electron chi connectivity index (χ0n) is 7.97. The summed E-state index contributed by atoms with van der Waals surface area (Å²) < 4.78 is 10.2. The lowest BCUT2D eigenvalue weighted by Gasteiger charge is -2.04. The van der Waals surface area contributed by atoms with Crippen LogP contribution in [0.4, 0.5) is 0 Å². The van der Waals surface area contributed by atoms with E-state index in [0.29, 0.717) is 11.3 Å². The van der Waals surface area contributed by atoms with Gasteiger partial charge in [0.1, 0.15) is 12.0 Å². The van der Waals surface area contributed by atoms with Crippen LogP contribution in [0.1, 0.15) is 17.3 Å². The van der Waals surface area contributed by atoms with Crippen LogP contribution < -0.4 is 4.74 Å². The Morgan fingerprint density at radius 3 is 2.57 bits per heavy atom. The third-order valence-corrected chi connectivity index (χ3v) is 1.54. The smallest absolute Gasteiger partial charge is 0.229 e. The third-order valence-electron chi connectivity index (χ3n) is 1.54. The number of benzene rings is 1. The van der Waals surface area contributed by atoms with E-state index >= 15 is 0 Å². The lowest BCUT2D eigenvalue weighted by molar-refractivity contribution is 0.0799. The lowest BCUT2D eigenvalue weighted by atomic mass is 10.2. The number of allylic oxidation sites excluding steroid dienone is 1. The zero-order valence-corrected chi connectivity index (χ0v) is 7.97. The topological polar surface area (TPSA) is 35.5 Å². The van der Waals surface area contributed by atoms with Crippen molar-refractivity contribution in [1.29, 1.82) is 0 Å². The maximum absolute atomic E-state index is 10.3. The molecule has 0 N–H and O–H groups in total. The van der Waals surface area contributed by atoms with E-state index < -0.39 is 0 Å². The van der Waals surface area contributed by atoms with Crippen LogP contribution in [0.2, 0.25) is 0 Å². The highest BCUT2D eigenvalue weighted by molar-refractivity contribution is 5.74. The van der Waals surface area contributed by atoms with Crippen molar-refractivity contribution < 1.29 is 14.3 Å². The van der Waals surface area contributed by atoms with Gasteiger partial charge in [-0.1, -0.05) is 6.08 Å². The molecule has 0 fully saturated rings. The lowest BCUT2D eigenvalue weighted by Crippen LogP contribution is -1.98. The number of hydrogen-bond donors (Lipinski definition) is 0. The number of rotatable bonds is 5. The zero-order chi connectivity index (χ0) is 10.2. The molecular weight excluding hydrogens is 180 g/mol. The number of hydrogen-bond acceptors (Lipinski definition) is 3. The summed E-state index contributed by atoms with van der Waals surface area (Å²) in [6, 6.07) is 6.83. The predicted molar refractivity (Wildman–Crippen MR) is 53.2 cm³/mol. The second kappa shape index (κ2) is 5.80. The molecule has 0 aromatic heterocycles. The number of carbonyl (C=O) groups is 1. The second-order valence-electron chi connectivity index (χ2n) is 2.59. The first-order valence-corrected chi connectivity index (χ1v) is 4.27. The Morgan fingerprint density at radius 1 is 1.29 bits per heavy atom. The van der Waals surface area contributed by atoms with Gasteiger partial charge in [0, 0.05) is 5.56 Å². The summed E-state index contributed by atoms with van der Waals surface area (Å²) in [5.41, 5.74) is 0.631. The van der Waals surface area contributed by atoms with Crippen molar-refractivity contribution in [2.24, 2.45) is 0 Å². The minimum Gasteiger partial charge on any atom is -0.465 e. The van der Waals surface area contributed by atoms with Crippen LogP contribution in [0.25, 0.3) is 0 Å². The van der Waals surface area contributed by atoms with E-state index in [1.807, 2.05) is 6.92 Å². The highest BCUT2D eigenvalue weighted by Gasteiger charge is 1.93. The summed E-state index contributed by atoms with van der Waals surface area (Å²) >= 11 is 0. The SMILES string of the molecule is C/C=C/OCOc1ccc(C=O)cc1. The van der Waals surface area contributed by atoms with Crippen LogP contribution in [0, 0.1) is 0 Å². The summed E-state index contributed by atoms with van der Waals surface area (Å²) in [6.45, 7) is 2.03. The van der Waals surface area contributed by atoms with Crippen molar-refractivity contribution >= 4 is 6.29 Å². The van der Waals surface area contributed by atoms with Crippen molar-refractivity contribution in [3.05, 3.63) is 42.2 Å². The average Bonchev–Trinajstić information content (AvgIpc) is 2.25. The quantitative estimate of drug-likeness (QED) is 0.311. The van der Waals surface area contributed by atoms with Gasteiger partial charge in [0.25, 0.3) is 0 Å². The molecule has 0 spiro atoms. The molecule has 0 heterocycles. The van der Waals surface area contributed by atoms with Gasteiger partial charge in [-0.3, -0.25) is 4.79 Å². The molecule has 0 aliphatic carbocycles. The number of ether oxygens (including phenoxy) is 2. The summed E-state index contributed by atoms with van der Waals surface area (Å²) in [5, 5.41) is 0. The fourth-order valence-electron chi connectivity index (χ4n) is 0.880. The van der Waals surface area contributed by atoms with E-state index in [9.17, 15) is 4.79 Å². The van der Waals surface area contributed by atoms with E-state index in [1.54, 1.807) is 36.6 Å². The van der Waals surface area contributed by atoms with E-state index in [0.717, 1.165) is 6.29 Å². The molecule has 3 nitrogen and oxygen atoms in total. The number of aldehydes is 1. The van der Waals surface area contributed by atoms with Gasteiger partial charge in [-0.2, -0.15) is 0 Å². The Labute approximate surface area is 83.0 Å². The van der Waals surface area contributed by atoms with E-state index in [1.165, 1.54) is 0 Å². The molecule has 0 saturated carbocycles. The van der Waals surface area contributed by atoms with E-state index in [4.69, 9.17) is 9.47 Å². The van der Waals surface area contributed by atoms with Crippen molar-refractivity contribution in [3.63, 3.8) is 0 Å². The van der Waals surface area contributed by atoms with Crippen LogP contribution >= 0.6 is 0 Å². The molecule has 74 valence electrons. The summed E-state index contributed by atoms with van der Waals surface area (Å²) in [5.74, 6) is 0.681. The van der Waals surface area contributed by atoms with E-state index in [2.05, 4.69) is 0 Å². The predicted octanol–water partition coefficient (Wildman–Crippen LogP) is 2.39. The molecule has 0 radical (unpaired) electrons. The summed E-state index contributed by atoms with van der Waals surface area (Å²) in [7, 11) is 0. The number of carbonyl (C=O) groups excluding carboxylic acids is 1. The molecule has 0 aliphatic rings. The Kier molecular flexibility index (Phi) is 4.27.